The number of fused-ring (bicyclic) bond motifs is 1. The number of nitriles is 1. The summed E-state index contributed by atoms with van der Waals surface area (Å²) in [5, 5.41) is 21.9. The zero-order valence-electron chi connectivity index (χ0n) is 11.0. The van der Waals surface area contributed by atoms with E-state index in [9.17, 15) is 5.11 Å². The van der Waals surface area contributed by atoms with Crippen LogP contribution < -0.4 is 5.32 Å². The smallest absolute Gasteiger partial charge is 0.228 e. The van der Waals surface area contributed by atoms with E-state index in [-0.39, 0.29) is 0 Å². The Morgan fingerprint density at radius 1 is 1.35 bits per heavy atom. The second-order valence-corrected chi connectivity index (χ2v) is 5.01. The molecule has 0 saturated heterocycles. The molecular formula is C14H13N5O. The number of pyridine rings is 1. The van der Waals surface area contributed by atoms with Gasteiger partial charge in [-0.2, -0.15) is 5.26 Å². The molecule has 6 nitrogen and oxygen atoms in total. The highest BCUT2D eigenvalue weighted by Gasteiger charge is 2.33. The molecule has 0 aliphatic heterocycles. The van der Waals surface area contributed by atoms with Gasteiger partial charge < -0.3 is 10.4 Å². The first-order valence-electron chi connectivity index (χ1n) is 6.30. The summed E-state index contributed by atoms with van der Waals surface area (Å²) >= 11 is 0. The number of hydrogen-bond acceptors (Lipinski definition) is 6. The maximum absolute atomic E-state index is 10.2. The number of aliphatic hydroxyl groups is 1. The van der Waals surface area contributed by atoms with Gasteiger partial charge in [-0.25, -0.2) is 15.0 Å². The summed E-state index contributed by atoms with van der Waals surface area (Å²) in [7, 11) is 0. The Bertz CT molecular complexity index is 688. The van der Waals surface area contributed by atoms with Crippen LogP contribution in [0.15, 0.2) is 24.5 Å². The molecule has 0 saturated carbocycles. The topological polar surface area (TPSA) is 94.7 Å². The molecule has 3 rings (SSSR count). The molecular weight excluding hydrogens is 254 g/mol. The second-order valence-electron chi connectivity index (χ2n) is 5.01. The molecule has 2 aromatic rings. The van der Waals surface area contributed by atoms with Gasteiger partial charge in [0, 0.05) is 0 Å². The Morgan fingerprint density at radius 2 is 2.10 bits per heavy atom. The van der Waals surface area contributed by atoms with Crippen LogP contribution in [-0.4, -0.2) is 20.1 Å². The van der Waals surface area contributed by atoms with Gasteiger partial charge in [-0.1, -0.05) is 6.07 Å². The van der Waals surface area contributed by atoms with Crippen molar-refractivity contribution >= 4 is 11.8 Å². The molecule has 1 atom stereocenters. The van der Waals surface area contributed by atoms with E-state index in [1.54, 1.807) is 6.92 Å². The molecule has 100 valence electrons. The Hall–Kier alpha value is -2.52. The van der Waals surface area contributed by atoms with Crippen molar-refractivity contribution in [3.63, 3.8) is 0 Å². The minimum absolute atomic E-state index is 0.370. The first-order chi connectivity index (χ1) is 9.58. The SMILES string of the molecule is CC1(O)CCc2ccc(Nc3ncc(C#N)cn3)nc21. The molecule has 1 aliphatic carbocycles. The third-order valence-electron chi connectivity index (χ3n) is 3.39. The van der Waals surface area contributed by atoms with E-state index < -0.39 is 5.60 Å². The molecule has 0 bridgehead atoms. The van der Waals surface area contributed by atoms with E-state index >= 15 is 0 Å². The van der Waals surface area contributed by atoms with E-state index in [0.29, 0.717) is 29.4 Å². The molecule has 2 heterocycles. The predicted octanol–water partition coefficient (Wildman–Crippen LogP) is 1.64. The number of nitrogens with one attached hydrogen (secondary N) is 1. The average Bonchev–Trinajstić information content (AvgIpc) is 2.75. The second kappa shape index (κ2) is 4.54. The van der Waals surface area contributed by atoms with E-state index in [1.165, 1.54) is 12.4 Å². The lowest BCUT2D eigenvalue weighted by Gasteiger charge is -2.17. The van der Waals surface area contributed by atoms with Crippen molar-refractivity contribution in [2.75, 3.05) is 5.32 Å². The fourth-order valence-corrected chi connectivity index (χ4v) is 2.29. The minimum atomic E-state index is -0.876. The fourth-order valence-electron chi connectivity index (χ4n) is 2.29. The average molecular weight is 267 g/mol. The van der Waals surface area contributed by atoms with Crippen LogP contribution in [0.2, 0.25) is 0 Å². The van der Waals surface area contributed by atoms with Crippen molar-refractivity contribution < 1.29 is 5.11 Å². The quantitative estimate of drug-likeness (QED) is 0.859. The maximum Gasteiger partial charge on any atom is 0.228 e. The van der Waals surface area contributed by atoms with Crippen LogP contribution in [0, 0.1) is 11.3 Å². The summed E-state index contributed by atoms with van der Waals surface area (Å²) in [6, 6.07) is 5.75. The molecule has 6 heteroatoms. The van der Waals surface area contributed by atoms with Crippen molar-refractivity contribution in [1.29, 1.82) is 5.26 Å². The standard InChI is InChI=1S/C14H13N5O/c1-14(20)5-4-10-2-3-11(18-12(10)14)19-13-16-7-9(6-15)8-17-13/h2-3,7-8,20H,4-5H2,1H3,(H,16,17,18,19). The normalized spacial score (nSPS) is 20.2. The van der Waals surface area contributed by atoms with E-state index in [1.807, 2.05) is 18.2 Å². The highest BCUT2D eigenvalue weighted by Crippen LogP contribution is 2.35. The predicted molar refractivity (Wildman–Crippen MR) is 72.2 cm³/mol. The first-order valence-corrected chi connectivity index (χ1v) is 6.30. The Kier molecular flexibility index (Phi) is 2.84. The molecule has 2 N–H and O–H groups in total. The van der Waals surface area contributed by atoms with Gasteiger partial charge in [0.25, 0.3) is 0 Å². The van der Waals surface area contributed by atoms with Crippen LogP contribution in [-0.2, 0) is 12.0 Å². The lowest BCUT2D eigenvalue weighted by atomic mass is 10.0. The van der Waals surface area contributed by atoms with Crippen LogP contribution in [0.1, 0.15) is 30.2 Å². The first kappa shape index (κ1) is 12.5. The Morgan fingerprint density at radius 3 is 2.80 bits per heavy atom. The lowest BCUT2D eigenvalue weighted by Crippen LogP contribution is -2.18. The summed E-state index contributed by atoms with van der Waals surface area (Å²) < 4.78 is 0. The van der Waals surface area contributed by atoms with Crippen molar-refractivity contribution in [1.82, 2.24) is 15.0 Å². The summed E-state index contributed by atoms with van der Waals surface area (Å²) in [5.41, 5.74) is 1.30. The number of anilines is 2. The molecule has 0 fully saturated rings. The largest absolute Gasteiger partial charge is 0.384 e. The van der Waals surface area contributed by atoms with Crippen molar-refractivity contribution in [3.05, 3.63) is 41.3 Å². The molecule has 0 radical (unpaired) electrons. The number of aromatic nitrogens is 3. The molecule has 0 aromatic carbocycles. The van der Waals surface area contributed by atoms with Gasteiger partial charge in [-0.3, -0.25) is 0 Å². The summed E-state index contributed by atoms with van der Waals surface area (Å²) in [6.45, 7) is 1.77. The van der Waals surface area contributed by atoms with Crippen molar-refractivity contribution in [2.45, 2.75) is 25.4 Å². The molecule has 0 spiro atoms. The van der Waals surface area contributed by atoms with Gasteiger partial charge in [0.05, 0.1) is 23.7 Å². The van der Waals surface area contributed by atoms with Gasteiger partial charge in [-0.05, 0) is 31.4 Å². The zero-order chi connectivity index (χ0) is 14.2. The van der Waals surface area contributed by atoms with Crippen LogP contribution in [0.3, 0.4) is 0 Å². The minimum Gasteiger partial charge on any atom is -0.384 e. The summed E-state index contributed by atoms with van der Waals surface area (Å²) in [6.07, 6.45) is 4.41. The van der Waals surface area contributed by atoms with Gasteiger partial charge >= 0.3 is 0 Å². The van der Waals surface area contributed by atoms with Crippen LogP contribution >= 0.6 is 0 Å². The van der Waals surface area contributed by atoms with Crippen molar-refractivity contribution in [3.8, 4) is 6.07 Å². The monoisotopic (exact) mass is 267 g/mol. The molecule has 1 unspecified atom stereocenters. The van der Waals surface area contributed by atoms with Crippen LogP contribution in [0.4, 0.5) is 11.8 Å². The van der Waals surface area contributed by atoms with Gasteiger partial charge in [-0.15, -0.1) is 0 Å². The number of hydrogen-bond donors (Lipinski definition) is 2. The molecule has 20 heavy (non-hydrogen) atoms. The number of nitrogens with zero attached hydrogens (tertiary/aromatic N) is 4. The Labute approximate surface area is 116 Å². The number of rotatable bonds is 2. The van der Waals surface area contributed by atoms with E-state index in [0.717, 1.165) is 12.0 Å². The summed E-state index contributed by atoms with van der Waals surface area (Å²) in [5.74, 6) is 0.949. The molecule has 0 amide bonds. The molecule has 1 aliphatic rings. The van der Waals surface area contributed by atoms with Crippen molar-refractivity contribution in [2.24, 2.45) is 0 Å². The van der Waals surface area contributed by atoms with Crippen LogP contribution in [0.25, 0.3) is 0 Å². The highest BCUT2D eigenvalue weighted by atomic mass is 16.3. The maximum atomic E-state index is 10.2. The third-order valence-corrected chi connectivity index (χ3v) is 3.39. The van der Waals surface area contributed by atoms with Gasteiger partial charge in [0.15, 0.2) is 0 Å². The van der Waals surface area contributed by atoms with Gasteiger partial charge in [0.2, 0.25) is 5.95 Å². The van der Waals surface area contributed by atoms with Gasteiger partial charge in [0.1, 0.15) is 17.5 Å². The highest BCUT2D eigenvalue weighted by molar-refractivity contribution is 5.50. The fraction of sp³-hybridized carbons (Fsp3) is 0.286. The van der Waals surface area contributed by atoms with E-state index in [4.69, 9.17) is 5.26 Å². The summed E-state index contributed by atoms with van der Waals surface area (Å²) in [4.78, 5) is 12.5. The van der Waals surface area contributed by atoms with E-state index in [2.05, 4.69) is 20.3 Å². The number of aryl methyl sites for hydroxylation is 1. The zero-order valence-corrected chi connectivity index (χ0v) is 11.0. The molecule has 2 aromatic heterocycles. The third kappa shape index (κ3) is 2.19. The van der Waals surface area contributed by atoms with Crippen LogP contribution in [0.5, 0.6) is 0 Å². The lowest BCUT2D eigenvalue weighted by molar-refractivity contribution is 0.0555. The Balaban J connectivity index is 1.87.